The minimum Gasteiger partial charge on any atom is -0.507 e. The first-order valence-corrected chi connectivity index (χ1v) is 8.48. The highest BCUT2D eigenvalue weighted by atomic mass is 35.5. The summed E-state index contributed by atoms with van der Waals surface area (Å²) in [7, 11) is 0. The number of nitrogens with one attached hydrogen (secondary N) is 1. The Balaban J connectivity index is 1.73. The smallest absolute Gasteiger partial charge is 0.252 e. The lowest BCUT2D eigenvalue weighted by molar-refractivity contribution is 0.122. The SMILES string of the molecule is O=c1cc(O)c2cc(-c3ccc(N4CCOCC4)cc3)c(Cl)cc2[nH]1. The number of benzene rings is 2. The highest BCUT2D eigenvalue weighted by Gasteiger charge is 2.13. The number of halogens is 1. The largest absolute Gasteiger partial charge is 0.507 e. The molecule has 2 N–H and O–H groups in total. The highest BCUT2D eigenvalue weighted by Crippen LogP contribution is 2.34. The molecule has 4 rings (SSSR count). The van der Waals surface area contributed by atoms with Crippen molar-refractivity contribution in [2.45, 2.75) is 0 Å². The Bertz CT molecular complexity index is 976. The molecule has 0 bridgehead atoms. The number of morpholine rings is 1. The van der Waals surface area contributed by atoms with Gasteiger partial charge in [-0.15, -0.1) is 0 Å². The number of nitrogens with zero attached hydrogens (tertiary/aromatic N) is 1. The predicted molar refractivity (Wildman–Crippen MR) is 99.7 cm³/mol. The number of H-pyrrole nitrogens is 1. The van der Waals surface area contributed by atoms with Crippen LogP contribution < -0.4 is 10.5 Å². The van der Waals surface area contributed by atoms with E-state index in [1.807, 2.05) is 12.1 Å². The van der Waals surface area contributed by atoms with Crippen molar-refractivity contribution in [2.75, 3.05) is 31.2 Å². The first-order chi connectivity index (χ1) is 12.1. The number of hydrogen-bond acceptors (Lipinski definition) is 4. The third-order valence-electron chi connectivity index (χ3n) is 4.46. The number of hydrogen-bond donors (Lipinski definition) is 2. The van der Waals surface area contributed by atoms with E-state index in [2.05, 4.69) is 22.0 Å². The minimum absolute atomic E-state index is 0.0541. The lowest BCUT2D eigenvalue weighted by Gasteiger charge is -2.29. The number of ether oxygens (including phenoxy) is 1. The van der Waals surface area contributed by atoms with Crippen molar-refractivity contribution >= 4 is 28.2 Å². The molecule has 0 spiro atoms. The fourth-order valence-electron chi connectivity index (χ4n) is 3.15. The Morgan fingerprint density at radius 2 is 1.80 bits per heavy atom. The molecule has 0 radical (unpaired) electrons. The van der Waals surface area contributed by atoms with Gasteiger partial charge in [0.25, 0.3) is 5.56 Å². The zero-order valence-corrected chi connectivity index (χ0v) is 14.2. The summed E-state index contributed by atoms with van der Waals surface area (Å²) in [5.41, 5.74) is 3.07. The van der Waals surface area contributed by atoms with Gasteiger partial charge in [-0.25, -0.2) is 0 Å². The molecular formula is C19H17ClN2O3. The highest BCUT2D eigenvalue weighted by molar-refractivity contribution is 6.34. The van der Waals surface area contributed by atoms with Crippen molar-refractivity contribution in [1.29, 1.82) is 0 Å². The van der Waals surface area contributed by atoms with Gasteiger partial charge in [0.15, 0.2) is 0 Å². The molecule has 1 aliphatic rings. The third kappa shape index (κ3) is 3.08. The van der Waals surface area contributed by atoms with Crippen molar-refractivity contribution in [1.82, 2.24) is 4.98 Å². The van der Waals surface area contributed by atoms with Crippen molar-refractivity contribution in [2.24, 2.45) is 0 Å². The number of aromatic hydroxyl groups is 1. The second kappa shape index (κ2) is 6.43. The molecule has 0 saturated carbocycles. The van der Waals surface area contributed by atoms with Gasteiger partial charge >= 0.3 is 0 Å². The summed E-state index contributed by atoms with van der Waals surface area (Å²) in [6, 6.07) is 12.8. The Morgan fingerprint density at radius 1 is 1.08 bits per heavy atom. The second-order valence-corrected chi connectivity index (χ2v) is 6.45. The number of pyridine rings is 1. The monoisotopic (exact) mass is 356 g/mol. The van der Waals surface area contributed by atoms with Gasteiger partial charge in [0.2, 0.25) is 0 Å². The van der Waals surface area contributed by atoms with Crippen LogP contribution in [0.25, 0.3) is 22.0 Å². The van der Waals surface area contributed by atoms with E-state index in [1.165, 1.54) is 6.07 Å². The van der Waals surface area contributed by atoms with E-state index in [9.17, 15) is 9.90 Å². The lowest BCUT2D eigenvalue weighted by atomic mass is 10.0. The molecule has 128 valence electrons. The number of aromatic amines is 1. The molecule has 1 saturated heterocycles. The summed E-state index contributed by atoms with van der Waals surface area (Å²) in [4.78, 5) is 16.5. The van der Waals surface area contributed by atoms with Crippen molar-refractivity contribution in [3.05, 3.63) is 57.8 Å². The molecule has 6 heteroatoms. The molecule has 5 nitrogen and oxygen atoms in total. The predicted octanol–water partition coefficient (Wildman–Crippen LogP) is 3.39. The van der Waals surface area contributed by atoms with Gasteiger partial charge in [-0.1, -0.05) is 23.7 Å². The Kier molecular flexibility index (Phi) is 4.11. The van der Waals surface area contributed by atoms with E-state index in [1.54, 1.807) is 12.1 Å². The standard InChI is InChI=1S/C19H17ClN2O3/c20-16-10-17-15(18(23)11-19(24)21-17)9-14(16)12-1-3-13(4-2-12)22-5-7-25-8-6-22/h1-4,9-11H,5-8H2,(H2,21,23,24). The van der Waals surface area contributed by atoms with Crippen LogP contribution in [0.3, 0.4) is 0 Å². The van der Waals surface area contributed by atoms with Gasteiger partial charge in [-0.3, -0.25) is 4.79 Å². The van der Waals surface area contributed by atoms with Gasteiger partial charge in [0, 0.05) is 35.8 Å². The van der Waals surface area contributed by atoms with Crippen molar-refractivity contribution in [3.8, 4) is 16.9 Å². The van der Waals surface area contributed by atoms with Gasteiger partial charge < -0.3 is 19.7 Å². The summed E-state index contributed by atoms with van der Waals surface area (Å²) in [5.74, 6) is -0.0541. The van der Waals surface area contributed by atoms with Gasteiger partial charge in [-0.05, 0) is 29.8 Å². The fourth-order valence-corrected chi connectivity index (χ4v) is 3.43. The average molecular weight is 357 g/mol. The maximum absolute atomic E-state index is 11.5. The summed E-state index contributed by atoms with van der Waals surface area (Å²) < 4.78 is 5.38. The maximum atomic E-state index is 11.5. The van der Waals surface area contributed by atoms with Crippen LogP contribution in [0.1, 0.15) is 0 Å². The maximum Gasteiger partial charge on any atom is 0.252 e. The normalized spacial score (nSPS) is 14.8. The quantitative estimate of drug-likeness (QED) is 0.738. The van der Waals surface area contributed by atoms with Crippen molar-refractivity contribution in [3.63, 3.8) is 0 Å². The van der Waals surface area contributed by atoms with E-state index in [4.69, 9.17) is 16.3 Å². The zero-order chi connectivity index (χ0) is 17.4. The molecule has 0 unspecified atom stereocenters. The molecule has 1 aromatic heterocycles. The molecule has 1 aliphatic heterocycles. The van der Waals surface area contributed by atoms with E-state index < -0.39 is 0 Å². The Hall–Kier alpha value is -2.50. The van der Waals surface area contributed by atoms with Crippen LogP contribution in [-0.2, 0) is 4.74 Å². The van der Waals surface area contributed by atoms with Gasteiger partial charge in [-0.2, -0.15) is 0 Å². The molecule has 25 heavy (non-hydrogen) atoms. The van der Waals surface area contributed by atoms with Crippen LogP contribution in [0, 0.1) is 0 Å². The van der Waals surface area contributed by atoms with E-state index >= 15 is 0 Å². The summed E-state index contributed by atoms with van der Waals surface area (Å²) in [6.07, 6.45) is 0. The average Bonchev–Trinajstić information content (AvgIpc) is 2.62. The van der Waals surface area contributed by atoms with Crippen LogP contribution in [-0.4, -0.2) is 36.4 Å². The summed E-state index contributed by atoms with van der Waals surface area (Å²) >= 11 is 6.40. The molecular weight excluding hydrogens is 340 g/mol. The Labute approximate surface area is 149 Å². The zero-order valence-electron chi connectivity index (χ0n) is 13.5. The number of aromatic nitrogens is 1. The van der Waals surface area contributed by atoms with Crippen LogP contribution in [0.2, 0.25) is 5.02 Å². The van der Waals surface area contributed by atoms with Crippen molar-refractivity contribution < 1.29 is 9.84 Å². The van der Waals surface area contributed by atoms with E-state index in [0.29, 0.717) is 15.9 Å². The molecule has 0 aliphatic carbocycles. The first-order valence-electron chi connectivity index (χ1n) is 8.10. The number of anilines is 1. The number of fused-ring (bicyclic) bond motifs is 1. The molecule has 1 fully saturated rings. The van der Waals surface area contributed by atoms with E-state index in [0.717, 1.165) is 43.1 Å². The topological polar surface area (TPSA) is 65.6 Å². The van der Waals surface area contributed by atoms with Crippen LogP contribution in [0.5, 0.6) is 5.75 Å². The molecule has 2 aromatic carbocycles. The Morgan fingerprint density at radius 3 is 2.52 bits per heavy atom. The first kappa shape index (κ1) is 16.0. The van der Waals surface area contributed by atoms with Crippen LogP contribution in [0.15, 0.2) is 47.3 Å². The molecule has 3 aromatic rings. The molecule has 0 atom stereocenters. The van der Waals surface area contributed by atoms with Crippen LogP contribution in [0.4, 0.5) is 5.69 Å². The lowest BCUT2D eigenvalue weighted by Crippen LogP contribution is -2.36. The molecule has 0 amide bonds. The fraction of sp³-hybridized carbons (Fsp3) is 0.211. The molecule has 2 heterocycles. The van der Waals surface area contributed by atoms with Gasteiger partial charge in [0.05, 0.1) is 23.8 Å². The third-order valence-corrected chi connectivity index (χ3v) is 4.78. The number of rotatable bonds is 2. The second-order valence-electron chi connectivity index (χ2n) is 6.04. The summed E-state index contributed by atoms with van der Waals surface area (Å²) in [5, 5.41) is 11.1. The minimum atomic E-state index is -0.358. The van der Waals surface area contributed by atoms with Crippen LogP contribution >= 0.6 is 11.6 Å². The van der Waals surface area contributed by atoms with E-state index in [-0.39, 0.29) is 11.3 Å². The van der Waals surface area contributed by atoms with Gasteiger partial charge in [0.1, 0.15) is 5.75 Å². The summed E-state index contributed by atoms with van der Waals surface area (Å²) in [6.45, 7) is 3.26.